The number of hydrogen-bond donors (Lipinski definition) is 2. The standard InChI is InChI=1S/C16H25NO2/c1-19-12-15(9-10-18)17-11-14-7-4-6-13-5-2-3-8-16(13)14/h2-3,5,8,14-15,17-18H,4,6-7,9-12H2,1H3. The number of rotatable bonds is 7. The normalized spacial score (nSPS) is 20.0. The van der Waals surface area contributed by atoms with Crippen LogP contribution in [0.3, 0.4) is 0 Å². The molecule has 0 aromatic heterocycles. The van der Waals surface area contributed by atoms with Crippen LogP contribution >= 0.6 is 0 Å². The van der Waals surface area contributed by atoms with Gasteiger partial charge in [-0.2, -0.15) is 0 Å². The molecule has 0 bridgehead atoms. The summed E-state index contributed by atoms with van der Waals surface area (Å²) in [4.78, 5) is 0. The lowest BCUT2D eigenvalue weighted by atomic mass is 9.83. The zero-order chi connectivity index (χ0) is 13.5. The highest BCUT2D eigenvalue weighted by Crippen LogP contribution is 2.30. The van der Waals surface area contributed by atoms with E-state index < -0.39 is 0 Å². The number of benzene rings is 1. The van der Waals surface area contributed by atoms with E-state index in [4.69, 9.17) is 9.84 Å². The van der Waals surface area contributed by atoms with Gasteiger partial charge < -0.3 is 15.2 Å². The minimum atomic E-state index is 0.211. The van der Waals surface area contributed by atoms with Gasteiger partial charge in [0.1, 0.15) is 0 Å². The number of methoxy groups -OCH3 is 1. The molecule has 19 heavy (non-hydrogen) atoms. The van der Waals surface area contributed by atoms with E-state index in [0.717, 1.165) is 13.0 Å². The van der Waals surface area contributed by atoms with E-state index >= 15 is 0 Å². The van der Waals surface area contributed by atoms with Gasteiger partial charge >= 0.3 is 0 Å². The van der Waals surface area contributed by atoms with Crippen LogP contribution in [-0.4, -0.2) is 38.0 Å². The van der Waals surface area contributed by atoms with E-state index in [1.54, 1.807) is 7.11 Å². The highest BCUT2D eigenvalue weighted by Gasteiger charge is 2.20. The SMILES string of the molecule is COCC(CCO)NCC1CCCc2ccccc21. The van der Waals surface area contributed by atoms with Crippen LogP contribution in [0.2, 0.25) is 0 Å². The topological polar surface area (TPSA) is 41.5 Å². The van der Waals surface area contributed by atoms with Gasteiger partial charge in [0.2, 0.25) is 0 Å². The molecule has 0 heterocycles. The van der Waals surface area contributed by atoms with Crippen LogP contribution in [0.25, 0.3) is 0 Å². The Morgan fingerprint density at radius 3 is 3.05 bits per heavy atom. The Kier molecular flexibility index (Phi) is 5.83. The van der Waals surface area contributed by atoms with E-state index in [1.165, 1.54) is 30.4 Å². The maximum Gasteiger partial charge on any atom is 0.0616 e. The summed E-state index contributed by atoms with van der Waals surface area (Å²) < 4.78 is 5.19. The largest absolute Gasteiger partial charge is 0.396 e. The fourth-order valence-electron chi connectivity index (χ4n) is 2.98. The van der Waals surface area contributed by atoms with E-state index in [1.807, 2.05) is 0 Å². The first-order valence-corrected chi connectivity index (χ1v) is 7.26. The number of aliphatic hydroxyl groups is 1. The van der Waals surface area contributed by atoms with Crippen molar-refractivity contribution in [3.05, 3.63) is 35.4 Å². The van der Waals surface area contributed by atoms with Gasteiger partial charge in [0.25, 0.3) is 0 Å². The second-order valence-electron chi connectivity index (χ2n) is 5.36. The van der Waals surface area contributed by atoms with Crippen LogP contribution in [0.4, 0.5) is 0 Å². The molecule has 2 N–H and O–H groups in total. The van der Waals surface area contributed by atoms with Gasteiger partial charge in [0, 0.05) is 26.3 Å². The molecule has 1 aromatic carbocycles. The molecule has 1 aliphatic carbocycles. The van der Waals surface area contributed by atoms with Crippen molar-refractivity contribution in [1.29, 1.82) is 0 Å². The van der Waals surface area contributed by atoms with Crippen LogP contribution in [0, 0.1) is 0 Å². The number of aliphatic hydroxyl groups excluding tert-OH is 1. The van der Waals surface area contributed by atoms with Crippen molar-refractivity contribution in [2.45, 2.75) is 37.6 Å². The Morgan fingerprint density at radius 2 is 2.26 bits per heavy atom. The maximum absolute atomic E-state index is 9.06. The molecule has 3 heteroatoms. The van der Waals surface area contributed by atoms with Gasteiger partial charge in [-0.15, -0.1) is 0 Å². The molecule has 0 radical (unpaired) electrons. The summed E-state index contributed by atoms with van der Waals surface area (Å²) in [5.41, 5.74) is 3.01. The van der Waals surface area contributed by atoms with E-state index in [2.05, 4.69) is 29.6 Å². The van der Waals surface area contributed by atoms with Crippen LogP contribution in [0.5, 0.6) is 0 Å². The molecule has 0 aliphatic heterocycles. The molecule has 1 aliphatic rings. The summed E-state index contributed by atoms with van der Waals surface area (Å²) in [6.07, 6.45) is 4.49. The number of fused-ring (bicyclic) bond motifs is 1. The third-order valence-electron chi connectivity index (χ3n) is 3.99. The average molecular weight is 263 g/mol. The first kappa shape index (κ1) is 14.5. The lowest BCUT2D eigenvalue weighted by Crippen LogP contribution is -2.37. The van der Waals surface area contributed by atoms with Crippen LogP contribution in [-0.2, 0) is 11.2 Å². The fraction of sp³-hybridized carbons (Fsp3) is 0.625. The minimum Gasteiger partial charge on any atom is -0.396 e. The molecule has 0 saturated heterocycles. The van der Waals surface area contributed by atoms with Crippen molar-refractivity contribution in [3.63, 3.8) is 0 Å². The second kappa shape index (κ2) is 7.63. The molecule has 1 aromatic rings. The molecule has 0 saturated carbocycles. The van der Waals surface area contributed by atoms with Gasteiger partial charge in [-0.3, -0.25) is 0 Å². The minimum absolute atomic E-state index is 0.211. The Hall–Kier alpha value is -0.900. The molecule has 2 unspecified atom stereocenters. The van der Waals surface area contributed by atoms with Crippen LogP contribution in [0.1, 0.15) is 36.3 Å². The van der Waals surface area contributed by atoms with Crippen molar-refractivity contribution in [1.82, 2.24) is 5.32 Å². The van der Waals surface area contributed by atoms with Gasteiger partial charge in [0.15, 0.2) is 0 Å². The quantitative estimate of drug-likeness (QED) is 0.791. The molecule has 2 atom stereocenters. The van der Waals surface area contributed by atoms with E-state index in [9.17, 15) is 0 Å². The highest BCUT2D eigenvalue weighted by atomic mass is 16.5. The Morgan fingerprint density at radius 1 is 1.42 bits per heavy atom. The second-order valence-corrected chi connectivity index (χ2v) is 5.36. The smallest absolute Gasteiger partial charge is 0.0616 e. The summed E-state index contributed by atoms with van der Waals surface area (Å²) in [6, 6.07) is 9.04. The summed E-state index contributed by atoms with van der Waals surface area (Å²) in [5, 5.41) is 12.6. The lowest BCUT2D eigenvalue weighted by Gasteiger charge is -2.27. The van der Waals surface area contributed by atoms with Crippen molar-refractivity contribution in [2.75, 3.05) is 26.9 Å². The molecule has 3 nitrogen and oxygen atoms in total. The zero-order valence-corrected chi connectivity index (χ0v) is 11.8. The lowest BCUT2D eigenvalue weighted by molar-refractivity contribution is 0.147. The Balaban J connectivity index is 1.92. The van der Waals surface area contributed by atoms with Gasteiger partial charge in [-0.1, -0.05) is 24.3 Å². The van der Waals surface area contributed by atoms with Crippen LogP contribution < -0.4 is 5.32 Å². The number of aryl methyl sites for hydroxylation is 1. The number of ether oxygens (including phenoxy) is 1. The summed E-state index contributed by atoms with van der Waals surface area (Å²) in [7, 11) is 1.71. The average Bonchev–Trinajstić information content (AvgIpc) is 2.45. The molecular weight excluding hydrogens is 238 g/mol. The maximum atomic E-state index is 9.06. The van der Waals surface area contributed by atoms with Crippen LogP contribution in [0.15, 0.2) is 24.3 Å². The first-order chi connectivity index (χ1) is 9.35. The van der Waals surface area contributed by atoms with Gasteiger partial charge in [-0.25, -0.2) is 0 Å². The predicted molar refractivity (Wildman–Crippen MR) is 77.5 cm³/mol. The number of hydrogen-bond acceptors (Lipinski definition) is 3. The molecule has 2 rings (SSSR count). The monoisotopic (exact) mass is 263 g/mol. The van der Waals surface area contributed by atoms with Crippen molar-refractivity contribution < 1.29 is 9.84 Å². The Bertz CT molecular complexity index is 375. The Labute approximate surface area is 116 Å². The summed E-state index contributed by atoms with van der Waals surface area (Å²) >= 11 is 0. The number of nitrogens with one attached hydrogen (secondary N) is 1. The molecule has 106 valence electrons. The van der Waals surface area contributed by atoms with Crippen molar-refractivity contribution >= 4 is 0 Å². The highest BCUT2D eigenvalue weighted by molar-refractivity contribution is 5.32. The zero-order valence-electron chi connectivity index (χ0n) is 11.8. The molecule has 0 amide bonds. The summed E-state index contributed by atoms with van der Waals surface area (Å²) in [5.74, 6) is 0.600. The van der Waals surface area contributed by atoms with Gasteiger partial charge in [0.05, 0.1) is 6.61 Å². The molecule has 0 spiro atoms. The fourth-order valence-corrected chi connectivity index (χ4v) is 2.98. The van der Waals surface area contributed by atoms with Gasteiger partial charge in [-0.05, 0) is 42.7 Å². The summed E-state index contributed by atoms with van der Waals surface area (Å²) in [6.45, 7) is 1.85. The van der Waals surface area contributed by atoms with Crippen molar-refractivity contribution in [2.24, 2.45) is 0 Å². The third-order valence-corrected chi connectivity index (χ3v) is 3.99. The van der Waals surface area contributed by atoms with Crippen molar-refractivity contribution in [3.8, 4) is 0 Å². The first-order valence-electron chi connectivity index (χ1n) is 7.26. The van der Waals surface area contributed by atoms with E-state index in [-0.39, 0.29) is 12.6 Å². The predicted octanol–water partition coefficient (Wildman–Crippen LogP) is 2.09. The van der Waals surface area contributed by atoms with E-state index in [0.29, 0.717) is 12.5 Å². The molecule has 0 fully saturated rings. The molecular formula is C16H25NO2. The third kappa shape index (κ3) is 4.03.